The first-order valence-electron chi connectivity index (χ1n) is 22.1. The van der Waals surface area contributed by atoms with Crippen molar-refractivity contribution in [2.75, 3.05) is 0 Å². The second-order valence-corrected chi connectivity index (χ2v) is 9.72. The SMILES string of the molecule is [2H]c1c([2H])c([2H])c(-c2c3c([2H])c([2H])c([2H])c([2H])c3c(-c3c([2H])c([2H])c([2H])c([2H])c3[2H])c3c([2H])c(-c4ccccc4-n4c(CC)nc5ccccc54)c([2H])c([2H])c23)c([2H])c1[2H]. The third kappa shape index (κ3) is 4.14. The molecule has 204 valence electrons. The molecule has 0 radical (unpaired) electrons. The molecular formula is C41H30N2. The van der Waals surface area contributed by atoms with Crippen molar-refractivity contribution in [3.63, 3.8) is 0 Å². The normalized spacial score (nSPS) is 17.0. The zero-order valence-electron chi connectivity index (χ0n) is 39.7. The van der Waals surface area contributed by atoms with Gasteiger partial charge in [0, 0.05) is 12.0 Å². The smallest absolute Gasteiger partial charge is 0.114 e. The standard InChI is InChI=1S/C41H30N2/c1-2-39-42-36-22-12-14-24-38(36)43(39)37-23-13-11-19-31(37)30-25-26-34-35(27-30)41(29-17-7-4-8-18-29)33-21-10-9-20-32(33)40(34)28-15-5-3-6-16-28/h3-27H,2H2,1H3/i3D,4D,5D,6D,7D,8D,9D,10D,15D,16D,17D,18D,20D,21D,25D,26D,27D. The average Bonchev–Trinajstić information content (AvgIpc) is 3.62. The van der Waals surface area contributed by atoms with E-state index in [4.69, 9.17) is 21.4 Å². The fraction of sp³-hybridized carbons (Fsp3) is 0.0488. The van der Waals surface area contributed by atoms with Gasteiger partial charge in [0.1, 0.15) is 5.82 Å². The number of para-hydroxylation sites is 3. The van der Waals surface area contributed by atoms with Crippen LogP contribution in [0.3, 0.4) is 0 Å². The molecule has 0 atom stereocenters. The summed E-state index contributed by atoms with van der Waals surface area (Å²) in [6.07, 6.45) is 0.466. The molecule has 0 bridgehead atoms. The second kappa shape index (κ2) is 10.4. The Morgan fingerprint density at radius 2 is 1.16 bits per heavy atom. The third-order valence-corrected chi connectivity index (χ3v) is 7.36. The summed E-state index contributed by atoms with van der Waals surface area (Å²) in [6, 6.07) is 1.05. The molecule has 0 saturated carbocycles. The lowest BCUT2D eigenvalue weighted by Crippen LogP contribution is -2.02. The minimum absolute atomic E-state index is 0.177. The Balaban J connectivity index is 1.73. The van der Waals surface area contributed by atoms with Crippen LogP contribution in [0.5, 0.6) is 0 Å². The number of hydrogen-bond acceptors (Lipinski definition) is 1. The molecule has 7 aromatic carbocycles. The van der Waals surface area contributed by atoms with E-state index in [-0.39, 0.29) is 11.1 Å². The first kappa shape index (κ1) is 13.2. The summed E-state index contributed by atoms with van der Waals surface area (Å²) in [5, 5.41) is -1.88. The van der Waals surface area contributed by atoms with Crippen LogP contribution < -0.4 is 0 Å². The van der Waals surface area contributed by atoms with Crippen LogP contribution in [-0.4, -0.2) is 9.55 Å². The predicted octanol–water partition coefficient (Wildman–Crippen LogP) is 10.9. The van der Waals surface area contributed by atoms with Crippen LogP contribution in [0.1, 0.15) is 36.1 Å². The molecule has 0 aliphatic heterocycles. The molecule has 0 N–H and O–H groups in total. The Morgan fingerprint density at radius 3 is 1.86 bits per heavy atom. The van der Waals surface area contributed by atoms with Crippen LogP contribution in [0.15, 0.2) is 151 Å². The molecule has 0 aliphatic rings. The fourth-order valence-corrected chi connectivity index (χ4v) is 5.57. The van der Waals surface area contributed by atoms with Gasteiger partial charge in [0.15, 0.2) is 0 Å². The van der Waals surface area contributed by atoms with Crippen LogP contribution in [0.25, 0.3) is 71.6 Å². The number of rotatable bonds is 5. The van der Waals surface area contributed by atoms with Gasteiger partial charge in [-0.2, -0.15) is 0 Å². The van der Waals surface area contributed by atoms with Crippen molar-refractivity contribution in [2.45, 2.75) is 13.3 Å². The van der Waals surface area contributed by atoms with Gasteiger partial charge in [-0.05, 0) is 73.6 Å². The Morgan fingerprint density at radius 1 is 0.581 bits per heavy atom. The molecule has 43 heavy (non-hydrogen) atoms. The molecule has 0 saturated heterocycles. The zero-order chi connectivity index (χ0) is 43.5. The lowest BCUT2D eigenvalue weighted by atomic mass is 9.85. The lowest BCUT2D eigenvalue weighted by molar-refractivity contribution is 0.909. The minimum atomic E-state index is -0.818. The highest BCUT2D eigenvalue weighted by atomic mass is 15.1. The van der Waals surface area contributed by atoms with Gasteiger partial charge in [0.05, 0.1) is 40.0 Å². The molecule has 8 aromatic rings. The molecule has 0 aliphatic carbocycles. The van der Waals surface area contributed by atoms with Crippen molar-refractivity contribution in [1.29, 1.82) is 0 Å². The topological polar surface area (TPSA) is 17.8 Å². The number of aryl methyl sites for hydroxylation is 1. The summed E-state index contributed by atoms with van der Waals surface area (Å²) in [6.45, 7) is 1.91. The Bertz CT molecular complexity index is 3170. The zero-order valence-corrected chi connectivity index (χ0v) is 22.7. The lowest BCUT2D eigenvalue weighted by Gasteiger charge is -2.19. The van der Waals surface area contributed by atoms with E-state index in [2.05, 4.69) is 0 Å². The summed E-state index contributed by atoms with van der Waals surface area (Å²) in [5.41, 5.74) is -0.248. The molecule has 2 nitrogen and oxygen atoms in total. The number of nitrogens with zero attached hydrogens (tertiary/aromatic N) is 2. The van der Waals surface area contributed by atoms with Crippen LogP contribution >= 0.6 is 0 Å². The first-order chi connectivity index (χ1) is 28.4. The number of fused-ring (bicyclic) bond motifs is 3. The van der Waals surface area contributed by atoms with E-state index < -0.39 is 147 Å². The Labute approximate surface area is 275 Å². The predicted molar refractivity (Wildman–Crippen MR) is 182 cm³/mol. The van der Waals surface area contributed by atoms with Crippen LogP contribution in [0.2, 0.25) is 0 Å². The fourth-order valence-electron chi connectivity index (χ4n) is 5.57. The van der Waals surface area contributed by atoms with Crippen molar-refractivity contribution in [2.24, 2.45) is 0 Å². The van der Waals surface area contributed by atoms with Crippen molar-refractivity contribution in [1.82, 2.24) is 9.55 Å². The number of benzene rings is 7. The molecule has 1 aromatic heterocycles. The van der Waals surface area contributed by atoms with Crippen LogP contribution in [-0.2, 0) is 6.42 Å². The van der Waals surface area contributed by atoms with Gasteiger partial charge in [0.2, 0.25) is 0 Å². The largest absolute Gasteiger partial charge is 0.296 e. The molecular weight excluding hydrogens is 520 g/mol. The van der Waals surface area contributed by atoms with E-state index in [1.165, 1.54) is 0 Å². The number of imidazole rings is 1. The summed E-state index contributed by atoms with van der Waals surface area (Å²) in [5.74, 6) is 0.624. The summed E-state index contributed by atoms with van der Waals surface area (Å²) in [4.78, 5) is 4.79. The molecule has 0 spiro atoms. The summed E-state index contributed by atoms with van der Waals surface area (Å²) < 4.78 is 154. The van der Waals surface area contributed by atoms with Crippen LogP contribution in [0.4, 0.5) is 0 Å². The second-order valence-electron chi connectivity index (χ2n) is 9.72. The molecule has 8 rings (SSSR count). The Hall–Kier alpha value is -5.47. The van der Waals surface area contributed by atoms with Gasteiger partial charge >= 0.3 is 0 Å². The number of hydrogen-bond donors (Lipinski definition) is 0. The van der Waals surface area contributed by atoms with E-state index in [1.807, 2.05) is 35.8 Å². The quantitative estimate of drug-likeness (QED) is 0.189. The van der Waals surface area contributed by atoms with Gasteiger partial charge in [0.25, 0.3) is 0 Å². The minimum Gasteiger partial charge on any atom is -0.296 e. The maximum atomic E-state index is 10.1. The third-order valence-electron chi connectivity index (χ3n) is 7.36. The van der Waals surface area contributed by atoms with Crippen molar-refractivity contribution in [3.8, 4) is 39.1 Å². The van der Waals surface area contributed by atoms with Crippen LogP contribution in [0, 0.1) is 0 Å². The highest BCUT2D eigenvalue weighted by Gasteiger charge is 2.19. The first-order valence-corrected chi connectivity index (χ1v) is 13.6. The van der Waals surface area contributed by atoms with E-state index in [0.29, 0.717) is 29.0 Å². The van der Waals surface area contributed by atoms with Gasteiger partial charge in [-0.25, -0.2) is 4.98 Å². The molecule has 1 heterocycles. The molecule has 0 amide bonds. The van der Waals surface area contributed by atoms with Crippen molar-refractivity contribution < 1.29 is 23.3 Å². The summed E-state index contributed by atoms with van der Waals surface area (Å²) >= 11 is 0. The highest BCUT2D eigenvalue weighted by molar-refractivity contribution is 6.22. The van der Waals surface area contributed by atoms with Gasteiger partial charge < -0.3 is 0 Å². The summed E-state index contributed by atoms with van der Waals surface area (Å²) in [7, 11) is 0. The average molecular weight is 568 g/mol. The molecule has 0 unspecified atom stereocenters. The Kier molecular flexibility index (Phi) is 3.21. The van der Waals surface area contributed by atoms with E-state index in [1.54, 1.807) is 24.3 Å². The number of aromatic nitrogens is 2. The maximum Gasteiger partial charge on any atom is 0.114 e. The van der Waals surface area contributed by atoms with E-state index in [0.717, 1.165) is 0 Å². The molecule has 0 fully saturated rings. The van der Waals surface area contributed by atoms with Gasteiger partial charge in [-0.1, -0.05) is 134 Å². The maximum absolute atomic E-state index is 10.1. The monoisotopic (exact) mass is 567 g/mol. The van der Waals surface area contributed by atoms with Crippen molar-refractivity contribution >= 4 is 32.6 Å². The molecule has 2 heteroatoms. The van der Waals surface area contributed by atoms with Gasteiger partial charge in [-0.15, -0.1) is 0 Å². The highest BCUT2D eigenvalue weighted by Crippen LogP contribution is 2.45. The van der Waals surface area contributed by atoms with Crippen molar-refractivity contribution in [3.05, 3.63) is 157 Å². The van der Waals surface area contributed by atoms with E-state index >= 15 is 0 Å². The van der Waals surface area contributed by atoms with E-state index in [9.17, 15) is 6.85 Å². The van der Waals surface area contributed by atoms with Gasteiger partial charge in [-0.3, -0.25) is 4.57 Å².